The fourth-order valence-corrected chi connectivity index (χ4v) is 3.45. The third kappa shape index (κ3) is 4.35. The zero-order chi connectivity index (χ0) is 21.3. The molecule has 0 bridgehead atoms. The van der Waals surface area contributed by atoms with Gasteiger partial charge >= 0.3 is 0 Å². The highest BCUT2D eigenvalue weighted by atomic mass is 79.9. The van der Waals surface area contributed by atoms with Gasteiger partial charge in [0.25, 0.3) is 5.91 Å². The summed E-state index contributed by atoms with van der Waals surface area (Å²) in [6.45, 7) is 3.44. The molecular weight excluding hydrogens is 468 g/mol. The molecule has 1 N–H and O–H groups in total. The quantitative estimate of drug-likeness (QED) is 0.341. The molecular formula is C23H18BrClN2O3. The number of hydrogen-bond donors (Lipinski definition) is 1. The molecule has 1 aromatic heterocycles. The van der Waals surface area contributed by atoms with Crippen LogP contribution in [-0.2, 0) is 4.79 Å². The van der Waals surface area contributed by atoms with Gasteiger partial charge in [0.2, 0.25) is 5.89 Å². The number of anilines is 1. The van der Waals surface area contributed by atoms with Crippen molar-refractivity contribution in [3.8, 4) is 17.2 Å². The van der Waals surface area contributed by atoms with E-state index in [0.717, 1.165) is 4.47 Å². The number of nitrogens with one attached hydrogen (secondary N) is 1. The van der Waals surface area contributed by atoms with E-state index in [1.54, 1.807) is 38.1 Å². The summed E-state index contributed by atoms with van der Waals surface area (Å²) in [7, 11) is 0. The van der Waals surface area contributed by atoms with E-state index in [0.29, 0.717) is 39.0 Å². The Labute approximate surface area is 187 Å². The highest BCUT2D eigenvalue weighted by Gasteiger charge is 2.30. The summed E-state index contributed by atoms with van der Waals surface area (Å²) in [6.07, 6.45) is 0. The zero-order valence-corrected chi connectivity index (χ0v) is 18.6. The van der Waals surface area contributed by atoms with Crippen LogP contribution in [0.1, 0.15) is 13.8 Å². The van der Waals surface area contributed by atoms with E-state index >= 15 is 0 Å². The molecule has 0 aliphatic rings. The minimum atomic E-state index is -1.06. The number of nitrogens with zero attached hydrogens (tertiary/aromatic N) is 1. The Kier molecular flexibility index (Phi) is 5.54. The Morgan fingerprint density at radius 3 is 2.63 bits per heavy atom. The van der Waals surface area contributed by atoms with Crippen molar-refractivity contribution < 1.29 is 13.9 Å². The number of benzene rings is 3. The van der Waals surface area contributed by atoms with Crippen molar-refractivity contribution in [3.63, 3.8) is 0 Å². The first-order valence-electron chi connectivity index (χ1n) is 9.23. The highest BCUT2D eigenvalue weighted by molar-refractivity contribution is 9.10. The SMILES string of the molecule is CC(C)(Oc1ccccc1)C(=O)Nc1ccc2oc(-c3cc(Br)ccc3Cl)nc2c1. The minimum Gasteiger partial charge on any atom is -0.478 e. The van der Waals surface area contributed by atoms with E-state index in [-0.39, 0.29) is 5.91 Å². The molecule has 3 aromatic carbocycles. The van der Waals surface area contributed by atoms with Crippen LogP contribution in [-0.4, -0.2) is 16.5 Å². The molecule has 0 radical (unpaired) electrons. The average molecular weight is 486 g/mol. The topological polar surface area (TPSA) is 64.4 Å². The van der Waals surface area contributed by atoms with Crippen molar-refractivity contribution in [3.05, 3.63) is 76.2 Å². The van der Waals surface area contributed by atoms with Gasteiger partial charge in [-0.2, -0.15) is 0 Å². The van der Waals surface area contributed by atoms with Gasteiger partial charge in [0.05, 0.1) is 10.6 Å². The van der Waals surface area contributed by atoms with E-state index in [2.05, 4.69) is 26.2 Å². The van der Waals surface area contributed by atoms with Gasteiger partial charge < -0.3 is 14.5 Å². The summed E-state index contributed by atoms with van der Waals surface area (Å²) in [5.41, 5.74) is 1.43. The van der Waals surface area contributed by atoms with Crippen molar-refractivity contribution >= 4 is 50.2 Å². The second-order valence-electron chi connectivity index (χ2n) is 7.21. The van der Waals surface area contributed by atoms with E-state index in [1.165, 1.54) is 0 Å². The molecule has 0 aliphatic carbocycles. The summed E-state index contributed by atoms with van der Waals surface area (Å²) in [4.78, 5) is 17.3. The lowest BCUT2D eigenvalue weighted by Crippen LogP contribution is -2.42. The standard InChI is InChI=1S/C23H18BrClN2O3/c1-23(2,30-16-6-4-3-5-7-16)22(28)26-15-9-11-20-19(13-15)27-21(29-20)17-12-14(24)8-10-18(17)25/h3-13H,1-2H3,(H,26,28). The monoisotopic (exact) mass is 484 g/mol. The van der Waals surface area contributed by atoms with Gasteiger partial charge in [0, 0.05) is 10.2 Å². The molecule has 0 spiro atoms. The van der Waals surface area contributed by atoms with Crippen molar-refractivity contribution in [2.75, 3.05) is 5.32 Å². The number of ether oxygens (including phenoxy) is 1. The van der Waals surface area contributed by atoms with Gasteiger partial charge in [-0.1, -0.05) is 45.7 Å². The fourth-order valence-electron chi connectivity index (χ4n) is 2.89. The lowest BCUT2D eigenvalue weighted by atomic mass is 10.1. The summed E-state index contributed by atoms with van der Waals surface area (Å²) >= 11 is 9.71. The van der Waals surface area contributed by atoms with Gasteiger partial charge in [-0.3, -0.25) is 4.79 Å². The Morgan fingerprint density at radius 1 is 1.10 bits per heavy atom. The van der Waals surface area contributed by atoms with Gasteiger partial charge in [0.1, 0.15) is 11.3 Å². The van der Waals surface area contributed by atoms with Crippen LogP contribution in [0.15, 0.2) is 75.6 Å². The van der Waals surface area contributed by atoms with Crippen LogP contribution < -0.4 is 10.1 Å². The predicted octanol–water partition coefficient (Wildman–Crippen LogP) is 6.71. The van der Waals surface area contributed by atoms with Gasteiger partial charge in [-0.25, -0.2) is 4.98 Å². The summed E-state index contributed by atoms with van der Waals surface area (Å²) in [5.74, 6) is 0.761. The number of fused-ring (bicyclic) bond motifs is 1. The molecule has 0 unspecified atom stereocenters. The van der Waals surface area contributed by atoms with Crippen molar-refractivity contribution in [2.45, 2.75) is 19.4 Å². The fraction of sp³-hybridized carbons (Fsp3) is 0.130. The maximum atomic E-state index is 12.8. The molecule has 1 heterocycles. The maximum Gasteiger partial charge on any atom is 0.267 e. The summed E-state index contributed by atoms with van der Waals surface area (Å²) in [5, 5.41) is 3.42. The molecule has 0 saturated heterocycles. The van der Waals surface area contributed by atoms with Crippen LogP contribution in [0.5, 0.6) is 5.75 Å². The number of rotatable bonds is 5. The molecule has 4 aromatic rings. The first-order chi connectivity index (χ1) is 14.3. The summed E-state index contributed by atoms with van der Waals surface area (Å²) < 4.78 is 12.6. The molecule has 7 heteroatoms. The maximum absolute atomic E-state index is 12.8. The number of amides is 1. The number of oxazole rings is 1. The molecule has 0 saturated carbocycles. The Bertz CT molecular complexity index is 1220. The Morgan fingerprint density at radius 2 is 1.87 bits per heavy atom. The van der Waals surface area contributed by atoms with Crippen molar-refractivity contribution in [1.29, 1.82) is 0 Å². The average Bonchev–Trinajstić information content (AvgIpc) is 3.13. The van der Waals surface area contributed by atoms with E-state index < -0.39 is 5.60 Å². The largest absolute Gasteiger partial charge is 0.478 e. The van der Waals surface area contributed by atoms with Crippen molar-refractivity contribution in [2.24, 2.45) is 0 Å². The normalized spacial score (nSPS) is 11.5. The number of halogens is 2. The van der Waals surface area contributed by atoms with Crippen LogP contribution in [0.25, 0.3) is 22.6 Å². The van der Waals surface area contributed by atoms with Gasteiger partial charge in [0.15, 0.2) is 11.2 Å². The molecule has 1 amide bonds. The molecule has 4 rings (SSSR count). The molecule has 0 aliphatic heterocycles. The van der Waals surface area contributed by atoms with E-state index in [9.17, 15) is 4.79 Å². The Hall–Kier alpha value is -2.83. The van der Waals surface area contributed by atoms with E-state index in [1.807, 2.05) is 42.5 Å². The molecule has 0 fully saturated rings. The van der Waals surface area contributed by atoms with Gasteiger partial charge in [-0.05, 0) is 62.4 Å². The highest BCUT2D eigenvalue weighted by Crippen LogP contribution is 2.33. The molecule has 30 heavy (non-hydrogen) atoms. The number of para-hydroxylation sites is 1. The van der Waals surface area contributed by atoms with Gasteiger partial charge in [-0.15, -0.1) is 0 Å². The molecule has 0 atom stereocenters. The number of carbonyl (C=O) groups is 1. The lowest BCUT2D eigenvalue weighted by molar-refractivity contribution is -0.128. The first kappa shape index (κ1) is 20.4. The second kappa shape index (κ2) is 8.13. The smallest absolute Gasteiger partial charge is 0.267 e. The number of aromatic nitrogens is 1. The van der Waals surface area contributed by atoms with Crippen LogP contribution in [0.2, 0.25) is 5.02 Å². The molecule has 5 nitrogen and oxygen atoms in total. The second-order valence-corrected chi connectivity index (χ2v) is 8.53. The Balaban J connectivity index is 1.56. The number of carbonyl (C=O) groups excluding carboxylic acids is 1. The first-order valence-corrected chi connectivity index (χ1v) is 10.4. The number of hydrogen-bond acceptors (Lipinski definition) is 4. The minimum absolute atomic E-state index is 0.274. The zero-order valence-electron chi connectivity index (χ0n) is 16.3. The predicted molar refractivity (Wildman–Crippen MR) is 122 cm³/mol. The van der Waals surface area contributed by atoms with E-state index in [4.69, 9.17) is 20.8 Å². The third-order valence-corrected chi connectivity index (χ3v) is 5.29. The third-order valence-electron chi connectivity index (χ3n) is 4.47. The van der Waals surface area contributed by atoms with Crippen LogP contribution in [0.4, 0.5) is 5.69 Å². The van der Waals surface area contributed by atoms with Crippen LogP contribution in [0, 0.1) is 0 Å². The summed E-state index contributed by atoms with van der Waals surface area (Å²) in [6, 6.07) is 20.0. The lowest BCUT2D eigenvalue weighted by Gasteiger charge is -2.25. The molecule has 152 valence electrons. The van der Waals surface area contributed by atoms with Crippen LogP contribution in [0.3, 0.4) is 0 Å². The van der Waals surface area contributed by atoms with Crippen LogP contribution >= 0.6 is 27.5 Å². The van der Waals surface area contributed by atoms with Crippen molar-refractivity contribution in [1.82, 2.24) is 4.98 Å².